The van der Waals surface area contributed by atoms with Gasteiger partial charge in [-0.15, -0.1) is 0 Å². The van der Waals surface area contributed by atoms with Crippen molar-refractivity contribution in [2.45, 2.75) is 158 Å². The Morgan fingerprint density at radius 2 is 1.06 bits per heavy atom. The highest BCUT2D eigenvalue weighted by Gasteiger charge is 2.45. The van der Waals surface area contributed by atoms with Crippen LogP contribution in [0.15, 0.2) is 0 Å². The van der Waals surface area contributed by atoms with Gasteiger partial charge >= 0.3 is 0 Å². The molecule has 0 bridgehead atoms. The van der Waals surface area contributed by atoms with Gasteiger partial charge in [0.1, 0.15) is 13.2 Å². The molecule has 0 radical (unpaired) electrons. The molecule has 4 aliphatic heterocycles. The van der Waals surface area contributed by atoms with Crippen molar-refractivity contribution in [3.8, 4) is 0 Å². The molecule has 4 heterocycles. The Morgan fingerprint density at radius 3 is 1.50 bits per heavy atom. The molecule has 8 rings (SSSR count). The van der Waals surface area contributed by atoms with Crippen LogP contribution in [0.2, 0.25) is 0 Å². The number of hydrogen-bond donors (Lipinski definition) is 1. The Hall–Kier alpha value is -1.30. The number of rotatable bonds is 8. The molecular formula is C38H64N4O6. The molecule has 0 aromatic heterocycles. The van der Waals surface area contributed by atoms with Crippen LogP contribution in [-0.2, 0) is 23.8 Å². The van der Waals surface area contributed by atoms with Gasteiger partial charge in [-0.05, 0) is 95.8 Å². The molecule has 8 fully saturated rings. The minimum Gasteiger partial charge on any atom is -0.396 e. The van der Waals surface area contributed by atoms with Crippen LogP contribution in [0, 0.1) is 11.8 Å². The summed E-state index contributed by atoms with van der Waals surface area (Å²) in [6.07, 6.45) is 19.5. The SMILES string of the molecule is CCOCC1CC(N2CCC(N3C(=O)CO[C@H]4CCCC[C@@H]43)CC2)C1.O=C1CO[C@H]2CCCC[C@@H]2N1C1CCN(C2CC(CO)C2)CC1. The van der Waals surface area contributed by atoms with Gasteiger partial charge in [0, 0.05) is 70.2 Å². The van der Waals surface area contributed by atoms with E-state index in [0.717, 1.165) is 116 Å². The molecule has 8 aliphatic rings. The van der Waals surface area contributed by atoms with Crippen molar-refractivity contribution in [1.82, 2.24) is 19.6 Å². The lowest BCUT2D eigenvalue weighted by Gasteiger charge is -2.51. The van der Waals surface area contributed by atoms with Crippen LogP contribution in [0.3, 0.4) is 0 Å². The lowest BCUT2D eigenvalue weighted by Crippen LogP contribution is -2.61. The maximum atomic E-state index is 12.5. The van der Waals surface area contributed by atoms with E-state index in [1.165, 1.54) is 38.5 Å². The van der Waals surface area contributed by atoms with Gasteiger partial charge in [-0.1, -0.05) is 25.7 Å². The predicted octanol–water partition coefficient (Wildman–Crippen LogP) is 3.83. The molecule has 10 heteroatoms. The van der Waals surface area contributed by atoms with E-state index in [-0.39, 0.29) is 17.9 Å². The molecule has 272 valence electrons. The van der Waals surface area contributed by atoms with Crippen molar-refractivity contribution in [2.75, 3.05) is 59.2 Å². The number of ether oxygens (including phenoxy) is 3. The predicted molar refractivity (Wildman–Crippen MR) is 183 cm³/mol. The fourth-order valence-electron chi connectivity index (χ4n) is 10.6. The van der Waals surface area contributed by atoms with Gasteiger partial charge in [-0.25, -0.2) is 0 Å². The molecule has 4 saturated carbocycles. The van der Waals surface area contributed by atoms with E-state index >= 15 is 0 Å². The van der Waals surface area contributed by atoms with Crippen LogP contribution in [0.25, 0.3) is 0 Å². The summed E-state index contributed by atoms with van der Waals surface area (Å²) in [6.45, 7) is 9.31. The second-order valence-electron chi connectivity index (χ2n) is 16.4. The quantitative estimate of drug-likeness (QED) is 0.416. The molecule has 0 unspecified atom stereocenters. The highest BCUT2D eigenvalue weighted by Crippen LogP contribution is 2.38. The number of aliphatic hydroxyl groups is 1. The number of piperidine rings is 2. The number of carbonyl (C=O) groups excluding carboxylic acids is 2. The summed E-state index contributed by atoms with van der Waals surface area (Å²) >= 11 is 0. The summed E-state index contributed by atoms with van der Waals surface area (Å²) in [5.41, 5.74) is 0. The Labute approximate surface area is 289 Å². The first kappa shape index (κ1) is 35.1. The second-order valence-corrected chi connectivity index (χ2v) is 16.4. The van der Waals surface area contributed by atoms with Gasteiger partial charge in [0.2, 0.25) is 11.8 Å². The summed E-state index contributed by atoms with van der Waals surface area (Å²) in [4.78, 5) is 34.8. The topological polar surface area (TPSA) is 95.0 Å². The summed E-state index contributed by atoms with van der Waals surface area (Å²) in [5.74, 6) is 1.76. The minimum atomic E-state index is 0.218. The number of amides is 2. The van der Waals surface area contributed by atoms with Crippen molar-refractivity contribution in [3.05, 3.63) is 0 Å². The third-order valence-corrected chi connectivity index (χ3v) is 13.5. The van der Waals surface area contributed by atoms with Crippen LogP contribution >= 0.6 is 0 Å². The maximum Gasteiger partial charge on any atom is 0.249 e. The molecule has 4 saturated heterocycles. The lowest BCUT2D eigenvalue weighted by molar-refractivity contribution is -0.168. The van der Waals surface area contributed by atoms with Crippen molar-refractivity contribution >= 4 is 11.8 Å². The number of morpholine rings is 2. The molecule has 2 amide bonds. The standard InChI is InChI=1S/C20H34N2O3.C18H30N2O3/c1-2-24-13-15-11-17(12-15)21-9-7-16(8-10-21)22-18-5-3-4-6-19(18)25-14-20(22)23;21-11-13-9-15(10-13)19-7-5-14(6-8-19)20-16-3-1-2-4-17(16)23-12-18(20)22/h15-19H,2-14H2,1H3;13-17,21H,1-12H2/t15?,17?,18-,19-;13?,15?,16-,17-/m00/s1. The van der Waals surface area contributed by atoms with Crippen molar-refractivity contribution in [2.24, 2.45) is 11.8 Å². The van der Waals surface area contributed by atoms with Crippen LogP contribution < -0.4 is 0 Å². The maximum absolute atomic E-state index is 12.5. The third kappa shape index (κ3) is 7.79. The average molecular weight is 673 g/mol. The molecule has 1 N–H and O–H groups in total. The number of aliphatic hydroxyl groups excluding tert-OH is 1. The van der Waals surface area contributed by atoms with Gasteiger partial charge < -0.3 is 38.9 Å². The summed E-state index contributed by atoms with van der Waals surface area (Å²) in [6, 6.07) is 2.99. The van der Waals surface area contributed by atoms with Crippen LogP contribution in [0.1, 0.15) is 110 Å². The Kier molecular flexibility index (Phi) is 12.0. The van der Waals surface area contributed by atoms with E-state index < -0.39 is 0 Å². The normalized spacial score (nSPS) is 38.7. The highest BCUT2D eigenvalue weighted by molar-refractivity contribution is 5.79. The Morgan fingerprint density at radius 1 is 0.625 bits per heavy atom. The summed E-state index contributed by atoms with van der Waals surface area (Å²) in [7, 11) is 0. The molecule has 4 atom stereocenters. The van der Waals surface area contributed by atoms with Crippen LogP contribution in [-0.4, -0.2) is 144 Å². The first-order chi connectivity index (χ1) is 23.5. The van der Waals surface area contributed by atoms with Crippen molar-refractivity contribution in [3.63, 3.8) is 0 Å². The highest BCUT2D eigenvalue weighted by atomic mass is 16.5. The lowest BCUT2D eigenvalue weighted by atomic mass is 9.79. The molecule has 0 spiro atoms. The Bertz CT molecular complexity index is 1050. The molecule has 48 heavy (non-hydrogen) atoms. The number of likely N-dealkylation sites (tertiary alicyclic amines) is 2. The zero-order valence-corrected chi connectivity index (χ0v) is 29.7. The zero-order chi connectivity index (χ0) is 33.0. The van der Waals surface area contributed by atoms with E-state index in [2.05, 4.69) is 26.5 Å². The number of carbonyl (C=O) groups is 2. The first-order valence-corrected chi connectivity index (χ1v) is 20.0. The van der Waals surface area contributed by atoms with E-state index in [0.29, 0.717) is 62.1 Å². The second kappa shape index (κ2) is 16.4. The number of nitrogens with zero attached hydrogens (tertiary/aromatic N) is 4. The molecule has 4 aliphatic carbocycles. The first-order valence-electron chi connectivity index (χ1n) is 20.0. The smallest absolute Gasteiger partial charge is 0.249 e. The van der Waals surface area contributed by atoms with Gasteiger partial charge in [0.25, 0.3) is 0 Å². The summed E-state index contributed by atoms with van der Waals surface area (Å²) < 4.78 is 17.2. The molecule has 0 aromatic rings. The van der Waals surface area contributed by atoms with Crippen LogP contribution in [0.5, 0.6) is 0 Å². The molecule has 10 nitrogen and oxygen atoms in total. The van der Waals surface area contributed by atoms with Gasteiger partial charge in [-0.3, -0.25) is 9.59 Å². The van der Waals surface area contributed by atoms with Crippen molar-refractivity contribution < 1.29 is 28.9 Å². The molecular weight excluding hydrogens is 608 g/mol. The number of hydrogen-bond acceptors (Lipinski definition) is 8. The van der Waals surface area contributed by atoms with E-state index in [1.54, 1.807) is 0 Å². The summed E-state index contributed by atoms with van der Waals surface area (Å²) in [5, 5.41) is 9.18. The van der Waals surface area contributed by atoms with E-state index in [1.807, 2.05) is 0 Å². The fraction of sp³-hybridized carbons (Fsp3) is 0.947. The van der Waals surface area contributed by atoms with E-state index in [9.17, 15) is 14.7 Å². The largest absolute Gasteiger partial charge is 0.396 e. The van der Waals surface area contributed by atoms with Gasteiger partial charge in [0.05, 0.1) is 24.3 Å². The zero-order valence-electron chi connectivity index (χ0n) is 29.7. The fourth-order valence-corrected chi connectivity index (χ4v) is 10.6. The molecule has 0 aromatic carbocycles. The van der Waals surface area contributed by atoms with Crippen molar-refractivity contribution in [1.29, 1.82) is 0 Å². The number of fused-ring (bicyclic) bond motifs is 2. The van der Waals surface area contributed by atoms with E-state index in [4.69, 9.17) is 14.2 Å². The van der Waals surface area contributed by atoms with Gasteiger partial charge in [0.15, 0.2) is 0 Å². The third-order valence-electron chi connectivity index (χ3n) is 13.5. The Balaban J connectivity index is 0.000000152. The average Bonchev–Trinajstić information content (AvgIpc) is 3.08. The van der Waals surface area contributed by atoms with Crippen LogP contribution in [0.4, 0.5) is 0 Å². The van der Waals surface area contributed by atoms with Gasteiger partial charge in [-0.2, -0.15) is 0 Å². The monoisotopic (exact) mass is 672 g/mol. The minimum absolute atomic E-state index is 0.218.